The second-order valence-electron chi connectivity index (χ2n) is 6.49. The molecule has 1 atom stereocenters. The van der Waals surface area contributed by atoms with Crippen LogP contribution >= 0.6 is 0 Å². The normalized spacial score (nSPS) is 12.1. The third-order valence-electron chi connectivity index (χ3n) is 4.75. The molecule has 0 bridgehead atoms. The number of hydrogen-bond acceptors (Lipinski definition) is 5. The van der Waals surface area contributed by atoms with Gasteiger partial charge < -0.3 is 0 Å². The zero-order valence-corrected chi connectivity index (χ0v) is 15.1. The summed E-state index contributed by atoms with van der Waals surface area (Å²) in [6.45, 7) is 4.05. The summed E-state index contributed by atoms with van der Waals surface area (Å²) in [6.07, 6.45) is 2.31. The minimum Gasteiger partial charge on any atom is -0.292 e. The van der Waals surface area contributed by atoms with Crippen molar-refractivity contribution in [3.63, 3.8) is 0 Å². The quantitative estimate of drug-likeness (QED) is 0.377. The Kier molecular flexibility index (Phi) is 5.12. The van der Waals surface area contributed by atoms with Gasteiger partial charge in [0.15, 0.2) is 5.78 Å². The van der Waals surface area contributed by atoms with E-state index in [2.05, 4.69) is 18.8 Å². The highest BCUT2D eigenvalue weighted by Crippen LogP contribution is 2.19. The smallest absolute Gasteiger partial charge is 0.270 e. The number of rotatable bonds is 6. The molecule has 0 spiro atoms. The Morgan fingerprint density at radius 2 is 1.93 bits per heavy atom. The average molecular weight is 365 g/mol. The number of ketones is 1. The highest BCUT2D eigenvalue weighted by molar-refractivity contribution is 5.96. The third kappa shape index (κ3) is 3.76. The molecule has 0 fully saturated rings. The van der Waals surface area contributed by atoms with Crippen molar-refractivity contribution < 1.29 is 9.72 Å². The van der Waals surface area contributed by atoms with Crippen molar-refractivity contribution in [2.45, 2.75) is 32.7 Å². The summed E-state index contributed by atoms with van der Waals surface area (Å²) >= 11 is 0. The molecule has 3 rings (SSSR count). The highest BCUT2D eigenvalue weighted by atomic mass is 16.6. The molecule has 7 nitrogen and oxygen atoms in total. The van der Waals surface area contributed by atoms with Gasteiger partial charge >= 0.3 is 0 Å². The molecule has 0 N–H and O–H groups in total. The van der Waals surface area contributed by atoms with Crippen LogP contribution in [0.1, 0.15) is 42.1 Å². The fourth-order valence-corrected chi connectivity index (χ4v) is 2.85. The Labute approximate surface area is 155 Å². The van der Waals surface area contributed by atoms with Crippen LogP contribution in [0.25, 0.3) is 10.9 Å². The summed E-state index contributed by atoms with van der Waals surface area (Å²) in [4.78, 5) is 39.6. The molecule has 0 saturated carbocycles. The van der Waals surface area contributed by atoms with Crippen LogP contribution in [-0.4, -0.2) is 20.3 Å². The van der Waals surface area contributed by atoms with E-state index in [1.54, 1.807) is 12.1 Å². The van der Waals surface area contributed by atoms with Gasteiger partial charge in [-0.05, 0) is 24.0 Å². The molecule has 0 aliphatic rings. The maximum atomic E-state index is 12.6. The van der Waals surface area contributed by atoms with E-state index in [0.717, 1.165) is 12.0 Å². The number of nitrogens with zero attached hydrogens (tertiary/aromatic N) is 3. The Morgan fingerprint density at radius 1 is 1.22 bits per heavy atom. The molecule has 0 amide bonds. The number of benzene rings is 2. The van der Waals surface area contributed by atoms with Gasteiger partial charge in [0.25, 0.3) is 11.2 Å². The van der Waals surface area contributed by atoms with Crippen LogP contribution in [0.15, 0.2) is 53.6 Å². The summed E-state index contributed by atoms with van der Waals surface area (Å²) < 4.78 is 1.18. The lowest BCUT2D eigenvalue weighted by Crippen LogP contribution is -2.24. The average Bonchev–Trinajstić information content (AvgIpc) is 2.69. The molecule has 0 aliphatic carbocycles. The second-order valence-corrected chi connectivity index (χ2v) is 6.49. The molecular formula is C20H19N3O4. The lowest BCUT2D eigenvalue weighted by atomic mass is 9.97. The molecule has 0 aliphatic heterocycles. The van der Waals surface area contributed by atoms with E-state index in [9.17, 15) is 19.7 Å². The molecule has 1 unspecified atom stereocenters. The maximum absolute atomic E-state index is 12.6. The van der Waals surface area contributed by atoms with Crippen molar-refractivity contribution in [3.05, 3.63) is 80.4 Å². The Morgan fingerprint density at radius 3 is 2.56 bits per heavy atom. The number of carbonyl (C=O) groups is 1. The summed E-state index contributed by atoms with van der Waals surface area (Å²) in [5, 5.41) is 11.0. The van der Waals surface area contributed by atoms with Gasteiger partial charge in [0.2, 0.25) is 0 Å². The first kappa shape index (κ1) is 18.4. The van der Waals surface area contributed by atoms with Crippen LogP contribution in [0.4, 0.5) is 5.69 Å². The van der Waals surface area contributed by atoms with Crippen molar-refractivity contribution >= 4 is 22.4 Å². The van der Waals surface area contributed by atoms with E-state index in [1.807, 2.05) is 12.1 Å². The first-order valence-corrected chi connectivity index (χ1v) is 8.67. The van der Waals surface area contributed by atoms with Crippen LogP contribution < -0.4 is 5.56 Å². The number of carbonyl (C=O) groups excluding carboxylic acids is 1. The molecular weight excluding hydrogens is 346 g/mol. The van der Waals surface area contributed by atoms with E-state index < -0.39 is 10.5 Å². The SMILES string of the molecule is CCC(C)c1ccc(C(=O)Cn2cnc3ccc([N+](=O)[O-])cc3c2=O)cc1. The fraction of sp³-hybridized carbons (Fsp3) is 0.250. The second kappa shape index (κ2) is 7.49. The molecule has 0 radical (unpaired) electrons. The minimum atomic E-state index is -0.569. The first-order chi connectivity index (χ1) is 12.9. The number of nitro groups is 1. The van der Waals surface area contributed by atoms with Crippen molar-refractivity contribution in [1.29, 1.82) is 0 Å². The molecule has 1 heterocycles. The van der Waals surface area contributed by atoms with Crippen molar-refractivity contribution in [1.82, 2.24) is 9.55 Å². The van der Waals surface area contributed by atoms with Gasteiger partial charge in [-0.3, -0.25) is 24.3 Å². The predicted octanol–water partition coefficient (Wildman–Crippen LogP) is 3.70. The van der Waals surface area contributed by atoms with Crippen LogP contribution in [0.3, 0.4) is 0 Å². The van der Waals surface area contributed by atoms with Crippen LogP contribution in [0, 0.1) is 10.1 Å². The summed E-state index contributed by atoms with van der Waals surface area (Å²) in [5.41, 5.74) is 1.35. The predicted molar refractivity (Wildman–Crippen MR) is 102 cm³/mol. The van der Waals surface area contributed by atoms with Gasteiger partial charge in [0.05, 0.1) is 28.7 Å². The number of hydrogen-bond donors (Lipinski definition) is 0. The lowest BCUT2D eigenvalue weighted by Gasteiger charge is -2.10. The van der Waals surface area contributed by atoms with E-state index in [4.69, 9.17) is 0 Å². The maximum Gasteiger partial charge on any atom is 0.270 e. The first-order valence-electron chi connectivity index (χ1n) is 8.67. The van der Waals surface area contributed by atoms with Gasteiger partial charge in [-0.2, -0.15) is 0 Å². The number of Topliss-reactive ketones (excluding diaryl/α,β-unsaturated/α-hetero) is 1. The molecule has 27 heavy (non-hydrogen) atoms. The molecule has 138 valence electrons. The monoisotopic (exact) mass is 365 g/mol. The topological polar surface area (TPSA) is 95.1 Å². The van der Waals surface area contributed by atoms with Crippen LogP contribution in [0.5, 0.6) is 0 Å². The number of non-ortho nitro benzene ring substituents is 1. The third-order valence-corrected chi connectivity index (χ3v) is 4.75. The van der Waals surface area contributed by atoms with Gasteiger partial charge in [0.1, 0.15) is 0 Å². The van der Waals surface area contributed by atoms with Gasteiger partial charge in [-0.15, -0.1) is 0 Å². The fourth-order valence-electron chi connectivity index (χ4n) is 2.85. The zero-order valence-electron chi connectivity index (χ0n) is 15.1. The Balaban J connectivity index is 1.89. The van der Waals surface area contributed by atoms with Crippen LogP contribution in [0.2, 0.25) is 0 Å². The van der Waals surface area contributed by atoms with Gasteiger partial charge in [-0.25, -0.2) is 4.98 Å². The summed E-state index contributed by atoms with van der Waals surface area (Å²) in [5.74, 6) is 0.191. The molecule has 3 aromatic rings. The molecule has 2 aromatic carbocycles. The van der Waals surface area contributed by atoms with Crippen LogP contribution in [-0.2, 0) is 6.54 Å². The van der Waals surface area contributed by atoms with E-state index >= 15 is 0 Å². The van der Waals surface area contributed by atoms with E-state index in [1.165, 1.54) is 29.1 Å². The van der Waals surface area contributed by atoms with Crippen molar-refractivity contribution in [2.75, 3.05) is 0 Å². The van der Waals surface area contributed by atoms with E-state index in [0.29, 0.717) is 17.0 Å². The Hall–Kier alpha value is -3.35. The highest BCUT2D eigenvalue weighted by Gasteiger charge is 2.14. The summed E-state index contributed by atoms with van der Waals surface area (Å²) in [7, 11) is 0. The van der Waals surface area contributed by atoms with Gasteiger partial charge in [-0.1, -0.05) is 38.1 Å². The molecule has 1 aromatic heterocycles. The lowest BCUT2D eigenvalue weighted by molar-refractivity contribution is -0.384. The number of nitro benzene ring substituents is 1. The largest absolute Gasteiger partial charge is 0.292 e. The number of fused-ring (bicyclic) bond motifs is 1. The zero-order chi connectivity index (χ0) is 19.6. The van der Waals surface area contributed by atoms with Crippen molar-refractivity contribution in [3.8, 4) is 0 Å². The summed E-state index contributed by atoms with van der Waals surface area (Å²) in [6, 6.07) is 11.3. The standard InChI is InChI=1S/C20H19N3O4/c1-3-13(2)14-4-6-15(7-5-14)19(24)11-22-12-21-18-9-8-16(23(26)27)10-17(18)20(22)25/h4-10,12-13H,3,11H2,1-2H3. The Bertz CT molecular complexity index is 1070. The van der Waals surface area contributed by atoms with E-state index in [-0.39, 0.29) is 23.4 Å². The van der Waals surface area contributed by atoms with Gasteiger partial charge in [0, 0.05) is 17.7 Å². The molecule has 0 saturated heterocycles. The molecule has 7 heteroatoms. The van der Waals surface area contributed by atoms with Crippen molar-refractivity contribution in [2.24, 2.45) is 0 Å². The number of aromatic nitrogens is 2. The minimum absolute atomic E-state index is 0.117.